The van der Waals surface area contributed by atoms with Crippen molar-refractivity contribution in [2.45, 2.75) is 20.8 Å². The standard InChI is InChI=1S/C25H23FN2/c1-16(2)11-21(23-6-4-5-19-14-27-15-24(19)23)12-20-13-25(28-17(20)3)18-7-9-22(26)10-8-18/h4-15,27-28H,1-3H3/b21-12+. The van der Waals surface area contributed by atoms with Gasteiger partial charge in [0, 0.05) is 29.2 Å². The number of aryl methyl sites for hydroxylation is 1. The molecule has 3 heteroatoms. The van der Waals surface area contributed by atoms with Crippen molar-refractivity contribution < 1.29 is 4.39 Å². The molecule has 0 bridgehead atoms. The fourth-order valence-corrected chi connectivity index (χ4v) is 3.52. The van der Waals surface area contributed by atoms with Crippen LogP contribution in [0, 0.1) is 12.7 Å². The van der Waals surface area contributed by atoms with Gasteiger partial charge >= 0.3 is 0 Å². The summed E-state index contributed by atoms with van der Waals surface area (Å²) in [4.78, 5) is 6.64. The lowest BCUT2D eigenvalue weighted by molar-refractivity contribution is 0.628. The van der Waals surface area contributed by atoms with Gasteiger partial charge in [0.15, 0.2) is 0 Å². The quantitative estimate of drug-likeness (QED) is 0.359. The summed E-state index contributed by atoms with van der Waals surface area (Å²) in [6, 6.07) is 15.1. The highest BCUT2D eigenvalue weighted by Crippen LogP contribution is 2.30. The van der Waals surface area contributed by atoms with Gasteiger partial charge in [-0.2, -0.15) is 0 Å². The molecule has 28 heavy (non-hydrogen) atoms. The summed E-state index contributed by atoms with van der Waals surface area (Å²) in [6.45, 7) is 6.29. The number of rotatable bonds is 4. The van der Waals surface area contributed by atoms with Gasteiger partial charge < -0.3 is 9.97 Å². The Balaban J connectivity index is 1.83. The van der Waals surface area contributed by atoms with Gasteiger partial charge in [0.05, 0.1) is 0 Å². The number of fused-ring (bicyclic) bond motifs is 1. The number of H-pyrrole nitrogens is 2. The van der Waals surface area contributed by atoms with Crippen molar-refractivity contribution in [2.75, 3.05) is 0 Å². The van der Waals surface area contributed by atoms with E-state index >= 15 is 0 Å². The number of allylic oxidation sites excluding steroid dienone is 3. The molecule has 0 radical (unpaired) electrons. The van der Waals surface area contributed by atoms with E-state index in [0.29, 0.717) is 0 Å². The molecule has 0 unspecified atom stereocenters. The van der Waals surface area contributed by atoms with Crippen LogP contribution in [0.15, 0.2) is 72.6 Å². The van der Waals surface area contributed by atoms with Crippen LogP contribution in [-0.4, -0.2) is 9.97 Å². The van der Waals surface area contributed by atoms with E-state index in [1.807, 2.05) is 12.4 Å². The first kappa shape index (κ1) is 18.1. The fraction of sp³-hybridized carbons (Fsp3) is 0.120. The minimum atomic E-state index is -0.224. The van der Waals surface area contributed by atoms with Gasteiger partial charge in [-0.3, -0.25) is 0 Å². The Morgan fingerprint density at radius 3 is 2.54 bits per heavy atom. The van der Waals surface area contributed by atoms with E-state index < -0.39 is 0 Å². The SMILES string of the molecule is CC(C)=C/C(=C\c1cc(-c2ccc(F)cc2)[nH]c1C)c1cccc2c[nH]cc12. The molecule has 0 aliphatic heterocycles. The Morgan fingerprint density at radius 1 is 1.00 bits per heavy atom. The highest BCUT2D eigenvalue weighted by atomic mass is 19.1. The maximum Gasteiger partial charge on any atom is 0.123 e. The number of nitrogens with one attached hydrogen (secondary N) is 2. The third kappa shape index (κ3) is 3.56. The number of hydrogen-bond donors (Lipinski definition) is 2. The first-order chi connectivity index (χ1) is 13.5. The summed E-state index contributed by atoms with van der Waals surface area (Å²) >= 11 is 0. The lowest BCUT2D eigenvalue weighted by Crippen LogP contribution is -1.85. The molecule has 0 amide bonds. The molecule has 0 aliphatic carbocycles. The molecular formula is C25H23FN2. The molecule has 4 aromatic rings. The minimum Gasteiger partial charge on any atom is -0.366 e. The van der Waals surface area contributed by atoms with Crippen molar-refractivity contribution >= 4 is 22.4 Å². The van der Waals surface area contributed by atoms with Gasteiger partial charge in [-0.15, -0.1) is 0 Å². The van der Waals surface area contributed by atoms with E-state index in [9.17, 15) is 4.39 Å². The summed E-state index contributed by atoms with van der Waals surface area (Å²) in [5.41, 5.74) is 7.77. The molecule has 0 atom stereocenters. The number of hydrogen-bond acceptors (Lipinski definition) is 0. The van der Waals surface area contributed by atoms with Crippen LogP contribution in [0.5, 0.6) is 0 Å². The number of halogens is 1. The average molecular weight is 370 g/mol. The first-order valence-electron chi connectivity index (χ1n) is 9.39. The molecular weight excluding hydrogens is 347 g/mol. The molecule has 2 aromatic heterocycles. The Hall–Kier alpha value is -3.33. The van der Waals surface area contributed by atoms with E-state index in [2.05, 4.69) is 67.2 Å². The van der Waals surface area contributed by atoms with Crippen LogP contribution < -0.4 is 0 Å². The fourth-order valence-electron chi connectivity index (χ4n) is 3.52. The monoisotopic (exact) mass is 370 g/mol. The largest absolute Gasteiger partial charge is 0.366 e. The van der Waals surface area contributed by atoms with Gasteiger partial charge in [-0.1, -0.05) is 29.8 Å². The molecule has 2 N–H and O–H groups in total. The molecule has 0 fully saturated rings. The summed E-state index contributed by atoms with van der Waals surface area (Å²) in [5.74, 6) is -0.224. The zero-order chi connectivity index (χ0) is 19.7. The zero-order valence-electron chi connectivity index (χ0n) is 16.3. The Labute approximate surface area is 164 Å². The normalized spacial score (nSPS) is 11.8. The van der Waals surface area contributed by atoms with Crippen LogP contribution in [0.3, 0.4) is 0 Å². The van der Waals surface area contributed by atoms with Crippen molar-refractivity contribution in [1.29, 1.82) is 0 Å². The molecule has 2 heterocycles. The highest BCUT2D eigenvalue weighted by Gasteiger charge is 2.09. The topological polar surface area (TPSA) is 31.6 Å². The van der Waals surface area contributed by atoms with E-state index in [0.717, 1.165) is 28.1 Å². The van der Waals surface area contributed by atoms with Gasteiger partial charge in [0.25, 0.3) is 0 Å². The van der Waals surface area contributed by atoms with Crippen molar-refractivity contribution in [3.8, 4) is 11.3 Å². The zero-order valence-corrected chi connectivity index (χ0v) is 16.3. The maximum absolute atomic E-state index is 13.2. The smallest absolute Gasteiger partial charge is 0.123 e. The Morgan fingerprint density at radius 2 is 1.79 bits per heavy atom. The first-order valence-corrected chi connectivity index (χ1v) is 9.39. The predicted octanol–water partition coefficient (Wildman–Crippen LogP) is 7.12. The second-order valence-electron chi connectivity index (χ2n) is 7.36. The minimum absolute atomic E-state index is 0.224. The average Bonchev–Trinajstić information content (AvgIpc) is 3.28. The van der Waals surface area contributed by atoms with E-state index in [-0.39, 0.29) is 5.82 Å². The van der Waals surface area contributed by atoms with Crippen LogP contribution in [0.25, 0.3) is 33.7 Å². The number of aromatic amines is 2. The molecule has 140 valence electrons. The van der Waals surface area contributed by atoms with Gasteiger partial charge in [-0.05, 0) is 84.8 Å². The third-order valence-corrected chi connectivity index (χ3v) is 4.88. The van der Waals surface area contributed by atoms with Crippen LogP contribution in [0.1, 0.15) is 30.7 Å². The second-order valence-corrected chi connectivity index (χ2v) is 7.36. The van der Waals surface area contributed by atoms with Gasteiger partial charge in [0.1, 0.15) is 5.82 Å². The summed E-state index contributed by atoms with van der Waals surface area (Å²) in [7, 11) is 0. The Bertz CT molecular complexity index is 1180. The van der Waals surface area contributed by atoms with E-state index in [4.69, 9.17) is 0 Å². The third-order valence-electron chi connectivity index (χ3n) is 4.88. The Kier molecular flexibility index (Phi) is 4.74. The van der Waals surface area contributed by atoms with Crippen LogP contribution >= 0.6 is 0 Å². The van der Waals surface area contributed by atoms with E-state index in [1.54, 1.807) is 12.1 Å². The van der Waals surface area contributed by atoms with Crippen LogP contribution in [0.4, 0.5) is 4.39 Å². The van der Waals surface area contributed by atoms with Crippen molar-refractivity contribution in [1.82, 2.24) is 9.97 Å². The summed E-state index contributed by atoms with van der Waals surface area (Å²) < 4.78 is 13.2. The molecule has 0 aliphatic rings. The van der Waals surface area contributed by atoms with Crippen LogP contribution in [0.2, 0.25) is 0 Å². The maximum atomic E-state index is 13.2. The second kappa shape index (κ2) is 7.35. The molecule has 2 aromatic carbocycles. The molecule has 2 nitrogen and oxygen atoms in total. The van der Waals surface area contributed by atoms with Crippen molar-refractivity contribution in [3.63, 3.8) is 0 Å². The number of aromatic nitrogens is 2. The molecule has 0 spiro atoms. The van der Waals surface area contributed by atoms with Gasteiger partial charge in [-0.25, -0.2) is 4.39 Å². The van der Waals surface area contributed by atoms with Crippen LogP contribution in [-0.2, 0) is 0 Å². The lowest BCUT2D eigenvalue weighted by atomic mass is 9.97. The highest BCUT2D eigenvalue weighted by molar-refractivity contribution is 6.00. The van der Waals surface area contributed by atoms with Crippen molar-refractivity contribution in [3.05, 3.63) is 95.2 Å². The van der Waals surface area contributed by atoms with Crippen molar-refractivity contribution in [2.24, 2.45) is 0 Å². The van der Waals surface area contributed by atoms with Gasteiger partial charge in [0.2, 0.25) is 0 Å². The molecule has 0 saturated carbocycles. The summed E-state index contributed by atoms with van der Waals surface area (Å²) in [5, 5.41) is 2.40. The lowest BCUT2D eigenvalue weighted by Gasteiger charge is -2.07. The molecule has 0 saturated heterocycles. The predicted molar refractivity (Wildman–Crippen MR) is 117 cm³/mol. The number of benzene rings is 2. The molecule has 4 rings (SSSR count). The van der Waals surface area contributed by atoms with E-state index in [1.165, 1.54) is 34.0 Å². The summed E-state index contributed by atoms with van der Waals surface area (Å²) in [6.07, 6.45) is 8.50.